The van der Waals surface area contributed by atoms with Gasteiger partial charge in [0.1, 0.15) is 11.6 Å². The average molecular weight is 424 g/mol. The number of halogens is 2. The van der Waals surface area contributed by atoms with Gasteiger partial charge in [0.2, 0.25) is 0 Å². The third kappa shape index (κ3) is 5.09. The number of carbonyl (C=O) groups is 1. The van der Waals surface area contributed by atoms with E-state index in [0.717, 1.165) is 5.82 Å². The van der Waals surface area contributed by atoms with E-state index in [1.807, 2.05) is 41.3 Å². The van der Waals surface area contributed by atoms with Crippen molar-refractivity contribution in [2.24, 2.45) is 0 Å². The number of nitrogens with one attached hydrogen (secondary N) is 1. The van der Waals surface area contributed by atoms with E-state index in [2.05, 4.69) is 19.9 Å². The molecule has 31 heavy (non-hydrogen) atoms. The number of ether oxygens (including phenoxy) is 1. The number of anilines is 3. The Morgan fingerprint density at radius 2 is 1.65 bits per heavy atom. The fourth-order valence-corrected chi connectivity index (χ4v) is 3.50. The molecule has 3 aromatic rings. The summed E-state index contributed by atoms with van der Waals surface area (Å²) in [6.45, 7) is -0.240. The van der Waals surface area contributed by atoms with E-state index in [1.165, 1.54) is 12.1 Å². The zero-order valence-corrected chi connectivity index (χ0v) is 16.7. The SMILES string of the molecule is O=C(c1ccccc1Nc1ccc(OC(F)F)cc1)N1CCN(c2ccccn2)CC1. The molecule has 0 aliphatic carbocycles. The molecule has 0 unspecified atom stereocenters. The highest BCUT2D eigenvalue weighted by Crippen LogP contribution is 2.25. The van der Waals surface area contributed by atoms with Crippen LogP contribution in [0.5, 0.6) is 5.75 Å². The van der Waals surface area contributed by atoms with Gasteiger partial charge in [0.15, 0.2) is 0 Å². The second-order valence-electron chi connectivity index (χ2n) is 7.04. The van der Waals surface area contributed by atoms with Crippen LogP contribution in [0.15, 0.2) is 72.9 Å². The molecule has 0 atom stereocenters. The Morgan fingerprint density at radius 1 is 0.935 bits per heavy atom. The van der Waals surface area contributed by atoms with E-state index in [9.17, 15) is 13.6 Å². The maximum Gasteiger partial charge on any atom is 0.387 e. The Labute approximate surface area is 179 Å². The van der Waals surface area contributed by atoms with E-state index in [0.29, 0.717) is 43.1 Å². The summed E-state index contributed by atoms with van der Waals surface area (Å²) in [4.78, 5) is 21.5. The van der Waals surface area contributed by atoms with Crippen LogP contribution in [0, 0.1) is 0 Å². The van der Waals surface area contributed by atoms with Crippen LogP contribution < -0.4 is 15.0 Å². The van der Waals surface area contributed by atoms with Gasteiger partial charge >= 0.3 is 6.61 Å². The molecule has 1 aromatic heterocycles. The molecule has 0 saturated carbocycles. The van der Waals surface area contributed by atoms with Crippen LogP contribution in [0.4, 0.5) is 26.0 Å². The molecule has 1 fully saturated rings. The summed E-state index contributed by atoms with van der Waals surface area (Å²) in [5.74, 6) is 0.938. The fraction of sp³-hybridized carbons (Fsp3) is 0.217. The Kier molecular flexibility index (Phi) is 6.26. The molecular weight excluding hydrogens is 402 g/mol. The number of nitrogens with zero attached hydrogens (tertiary/aromatic N) is 3. The molecule has 1 aliphatic rings. The number of hydrogen-bond acceptors (Lipinski definition) is 5. The number of hydrogen-bond donors (Lipinski definition) is 1. The number of benzene rings is 2. The van der Waals surface area contributed by atoms with Gasteiger partial charge in [-0.2, -0.15) is 8.78 Å². The Balaban J connectivity index is 1.43. The van der Waals surface area contributed by atoms with Gasteiger partial charge in [-0.05, 0) is 48.5 Å². The van der Waals surface area contributed by atoms with Gasteiger partial charge in [0.05, 0.1) is 11.3 Å². The molecule has 0 bridgehead atoms. The first-order valence-corrected chi connectivity index (χ1v) is 9.96. The van der Waals surface area contributed by atoms with Crippen LogP contribution in [0.25, 0.3) is 0 Å². The fourth-order valence-electron chi connectivity index (χ4n) is 3.50. The maximum absolute atomic E-state index is 13.2. The van der Waals surface area contributed by atoms with Crippen LogP contribution in [-0.2, 0) is 0 Å². The first-order chi connectivity index (χ1) is 15.1. The highest BCUT2D eigenvalue weighted by Gasteiger charge is 2.24. The van der Waals surface area contributed by atoms with Crippen molar-refractivity contribution in [3.05, 3.63) is 78.5 Å². The second kappa shape index (κ2) is 9.42. The molecule has 4 rings (SSSR count). The van der Waals surface area contributed by atoms with Crippen molar-refractivity contribution in [2.45, 2.75) is 6.61 Å². The molecule has 1 saturated heterocycles. The van der Waals surface area contributed by atoms with Crippen LogP contribution in [0.2, 0.25) is 0 Å². The summed E-state index contributed by atoms with van der Waals surface area (Å²) in [7, 11) is 0. The molecule has 1 amide bonds. The highest BCUT2D eigenvalue weighted by molar-refractivity contribution is 6.00. The zero-order valence-electron chi connectivity index (χ0n) is 16.7. The lowest BCUT2D eigenvalue weighted by atomic mass is 10.1. The number of amides is 1. The van der Waals surface area contributed by atoms with Crippen LogP contribution in [0.3, 0.4) is 0 Å². The smallest absolute Gasteiger partial charge is 0.387 e. The topological polar surface area (TPSA) is 57.7 Å². The lowest BCUT2D eigenvalue weighted by Crippen LogP contribution is -2.49. The summed E-state index contributed by atoms with van der Waals surface area (Å²) in [5.41, 5.74) is 1.88. The zero-order chi connectivity index (χ0) is 21.6. The minimum absolute atomic E-state index is 0.0542. The molecule has 160 valence electrons. The van der Waals surface area contributed by atoms with Crippen molar-refractivity contribution in [2.75, 3.05) is 36.4 Å². The standard InChI is InChI=1S/C23H22F2N4O2/c24-23(25)31-18-10-8-17(9-11-18)27-20-6-2-1-5-19(20)22(30)29-15-13-28(14-16-29)21-7-3-4-12-26-21/h1-12,23,27H,13-16H2. The molecule has 2 heterocycles. The number of rotatable bonds is 6. The van der Waals surface area contributed by atoms with Crippen molar-refractivity contribution >= 4 is 23.1 Å². The van der Waals surface area contributed by atoms with Gasteiger partial charge in [-0.3, -0.25) is 4.79 Å². The van der Waals surface area contributed by atoms with Crippen molar-refractivity contribution in [3.8, 4) is 5.75 Å². The van der Waals surface area contributed by atoms with Gasteiger partial charge in [0.25, 0.3) is 5.91 Å². The summed E-state index contributed by atoms with van der Waals surface area (Å²) in [6, 6.07) is 19.2. The molecule has 1 aliphatic heterocycles. The third-order valence-corrected chi connectivity index (χ3v) is 5.06. The van der Waals surface area contributed by atoms with E-state index in [1.54, 1.807) is 24.4 Å². The molecule has 2 aromatic carbocycles. The second-order valence-corrected chi connectivity index (χ2v) is 7.04. The Bertz CT molecular complexity index is 1010. The summed E-state index contributed by atoms with van der Waals surface area (Å²) >= 11 is 0. The highest BCUT2D eigenvalue weighted by atomic mass is 19.3. The largest absolute Gasteiger partial charge is 0.435 e. The van der Waals surface area contributed by atoms with Crippen molar-refractivity contribution in [1.29, 1.82) is 0 Å². The summed E-state index contributed by atoms with van der Waals surface area (Å²) in [5, 5.41) is 3.20. The van der Waals surface area contributed by atoms with Gasteiger partial charge < -0.3 is 19.9 Å². The predicted octanol–water partition coefficient (Wildman–Crippen LogP) is 4.39. The monoisotopic (exact) mass is 424 g/mol. The average Bonchev–Trinajstić information content (AvgIpc) is 2.81. The number of para-hydroxylation sites is 1. The maximum atomic E-state index is 13.2. The molecule has 1 N–H and O–H groups in total. The minimum atomic E-state index is -2.87. The predicted molar refractivity (Wildman–Crippen MR) is 115 cm³/mol. The molecule has 0 spiro atoms. The van der Waals surface area contributed by atoms with Gasteiger partial charge in [-0.25, -0.2) is 4.98 Å². The number of aromatic nitrogens is 1. The van der Waals surface area contributed by atoms with E-state index >= 15 is 0 Å². The molecule has 0 radical (unpaired) electrons. The normalized spacial score (nSPS) is 13.9. The third-order valence-electron chi connectivity index (χ3n) is 5.06. The van der Waals surface area contributed by atoms with E-state index in [4.69, 9.17) is 0 Å². The van der Waals surface area contributed by atoms with E-state index < -0.39 is 6.61 Å². The number of carbonyl (C=O) groups excluding carboxylic acids is 1. The van der Waals surface area contributed by atoms with Gasteiger partial charge in [-0.1, -0.05) is 18.2 Å². The minimum Gasteiger partial charge on any atom is -0.435 e. The number of alkyl halides is 2. The van der Waals surface area contributed by atoms with Crippen LogP contribution >= 0.6 is 0 Å². The summed E-state index contributed by atoms with van der Waals surface area (Å²) in [6.07, 6.45) is 1.76. The van der Waals surface area contributed by atoms with Crippen molar-refractivity contribution in [1.82, 2.24) is 9.88 Å². The van der Waals surface area contributed by atoms with Gasteiger partial charge in [-0.15, -0.1) is 0 Å². The molecule has 8 heteroatoms. The lowest BCUT2D eigenvalue weighted by Gasteiger charge is -2.35. The molecule has 6 nitrogen and oxygen atoms in total. The Morgan fingerprint density at radius 3 is 2.32 bits per heavy atom. The first-order valence-electron chi connectivity index (χ1n) is 9.96. The van der Waals surface area contributed by atoms with Crippen molar-refractivity contribution in [3.63, 3.8) is 0 Å². The number of pyridine rings is 1. The van der Waals surface area contributed by atoms with Gasteiger partial charge in [0, 0.05) is 38.1 Å². The summed E-state index contributed by atoms with van der Waals surface area (Å²) < 4.78 is 29.0. The van der Waals surface area contributed by atoms with Crippen molar-refractivity contribution < 1.29 is 18.3 Å². The lowest BCUT2D eigenvalue weighted by molar-refractivity contribution is -0.0498. The first kappa shape index (κ1) is 20.6. The van der Waals surface area contributed by atoms with Crippen LogP contribution in [0.1, 0.15) is 10.4 Å². The Hall–Kier alpha value is -3.68. The van der Waals surface area contributed by atoms with Crippen LogP contribution in [-0.4, -0.2) is 48.6 Å². The molecular formula is C23H22F2N4O2. The number of piperazine rings is 1. The quantitative estimate of drug-likeness (QED) is 0.636. The van der Waals surface area contributed by atoms with E-state index in [-0.39, 0.29) is 11.7 Å².